The lowest BCUT2D eigenvalue weighted by Crippen LogP contribution is -2.30. The summed E-state index contributed by atoms with van der Waals surface area (Å²) in [5.41, 5.74) is 7.08. The van der Waals surface area contributed by atoms with Crippen LogP contribution >= 0.6 is 0 Å². The summed E-state index contributed by atoms with van der Waals surface area (Å²) in [6.07, 6.45) is 0. The van der Waals surface area contributed by atoms with Crippen LogP contribution < -0.4 is 10.6 Å². The zero-order valence-electron chi connectivity index (χ0n) is 10.7. The average Bonchev–Trinajstić information content (AvgIpc) is 2.63. The number of carbonyl (C=O) groups is 2. The maximum Gasteiger partial charge on any atom is 0.266 e. The first kappa shape index (κ1) is 12.3. The van der Waals surface area contributed by atoms with Crippen molar-refractivity contribution < 1.29 is 14.0 Å². The van der Waals surface area contributed by atoms with E-state index >= 15 is 0 Å². The summed E-state index contributed by atoms with van der Waals surface area (Å²) in [7, 11) is 0. The molecule has 0 unspecified atom stereocenters. The second-order valence-corrected chi connectivity index (χ2v) is 4.71. The van der Waals surface area contributed by atoms with Gasteiger partial charge >= 0.3 is 0 Å². The third-order valence-corrected chi connectivity index (χ3v) is 3.25. The Balaban J connectivity index is 2.14. The number of imide groups is 1. The van der Waals surface area contributed by atoms with Crippen molar-refractivity contribution in [2.75, 3.05) is 10.6 Å². The zero-order chi connectivity index (χ0) is 14.4. The highest BCUT2D eigenvalue weighted by atomic mass is 19.1. The van der Waals surface area contributed by atoms with Crippen LogP contribution in [0.1, 0.15) is 26.3 Å². The molecule has 2 aromatic rings. The first-order chi connectivity index (χ1) is 9.49. The van der Waals surface area contributed by atoms with Gasteiger partial charge < -0.3 is 5.73 Å². The number of fused-ring (bicyclic) bond motifs is 1. The van der Waals surface area contributed by atoms with Crippen LogP contribution in [-0.2, 0) is 0 Å². The third-order valence-electron chi connectivity index (χ3n) is 3.25. The Labute approximate surface area is 114 Å². The minimum Gasteiger partial charge on any atom is -0.399 e. The minimum atomic E-state index is -0.698. The number of nitrogen functional groups attached to an aromatic ring is 1. The molecule has 0 spiro atoms. The third kappa shape index (κ3) is 1.67. The Morgan fingerprint density at radius 1 is 1.00 bits per heavy atom. The highest BCUT2D eigenvalue weighted by molar-refractivity contribution is 6.34. The number of carbonyl (C=O) groups excluding carboxylic acids is 2. The summed E-state index contributed by atoms with van der Waals surface area (Å²) in [4.78, 5) is 25.4. The summed E-state index contributed by atoms with van der Waals surface area (Å²) in [5.74, 6) is -1.73. The summed E-state index contributed by atoms with van der Waals surface area (Å²) in [6.45, 7) is 1.82. The van der Waals surface area contributed by atoms with Gasteiger partial charge in [0.1, 0.15) is 5.82 Å². The first-order valence-electron chi connectivity index (χ1n) is 6.03. The predicted octanol–water partition coefficient (Wildman–Crippen LogP) is 2.52. The summed E-state index contributed by atoms with van der Waals surface area (Å²) < 4.78 is 13.9. The van der Waals surface area contributed by atoms with E-state index in [4.69, 9.17) is 5.73 Å². The fourth-order valence-electron chi connectivity index (χ4n) is 2.28. The number of amides is 2. The Morgan fingerprint density at radius 2 is 1.70 bits per heavy atom. The molecule has 0 atom stereocenters. The molecule has 5 heteroatoms. The number of aryl methyl sites for hydroxylation is 1. The molecule has 2 amide bonds. The molecule has 0 fully saturated rings. The first-order valence-corrected chi connectivity index (χ1v) is 6.03. The molecule has 3 rings (SSSR count). The molecule has 0 bridgehead atoms. The van der Waals surface area contributed by atoms with Gasteiger partial charge in [-0.1, -0.05) is 11.6 Å². The minimum absolute atomic E-state index is 0.0805. The van der Waals surface area contributed by atoms with Gasteiger partial charge in [0.25, 0.3) is 11.8 Å². The normalized spacial score (nSPS) is 13.8. The predicted molar refractivity (Wildman–Crippen MR) is 73.1 cm³/mol. The van der Waals surface area contributed by atoms with Crippen LogP contribution in [0.2, 0.25) is 0 Å². The smallest absolute Gasteiger partial charge is 0.266 e. The highest BCUT2D eigenvalue weighted by Crippen LogP contribution is 2.31. The van der Waals surface area contributed by atoms with Crippen molar-refractivity contribution in [3.63, 3.8) is 0 Å². The molecule has 0 aromatic heterocycles. The quantitative estimate of drug-likeness (QED) is 0.639. The molecular formula is C15H11FN2O2. The average molecular weight is 270 g/mol. The second-order valence-electron chi connectivity index (χ2n) is 4.71. The van der Waals surface area contributed by atoms with Crippen molar-refractivity contribution in [1.82, 2.24) is 0 Å². The van der Waals surface area contributed by atoms with Gasteiger partial charge in [0.2, 0.25) is 0 Å². The number of hydrogen-bond donors (Lipinski definition) is 1. The molecule has 1 aliphatic rings. The van der Waals surface area contributed by atoms with Gasteiger partial charge in [-0.3, -0.25) is 9.59 Å². The Morgan fingerprint density at radius 3 is 2.40 bits per heavy atom. The molecule has 0 radical (unpaired) electrons. The van der Waals surface area contributed by atoms with Crippen molar-refractivity contribution >= 4 is 23.2 Å². The molecule has 0 aliphatic carbocycles. The second kappa shape index (κ2) is 4.16. The van der Waals surface area contributed by atoms with Gasteiger partial charge in [0, 0.05) is 5.69 Å². The maximum atomic E-state index is 13.9. The highest BCUT2D eigenvalue weighted by Gasteiger charge is 2.37. The molecule has 2 aromatic carbocycles. The topological polar surface area (TPSA) is 63.4 Å². The van der Waals surface area contributed by atoms with Crippen LogP contribution in [0.4, 0.5) is 15.8 Å². The van der Waals surface area contributed by atoms with Crippen LogP contribution in [0.25, 0.3) is 0 Å². The van der Waals surface area contributed by atoms with E-state index in [0.717, 1.165) is 16.5 Å². The Hall–Kier alpha value is -2.69. The monoisotopic (exact) mass is 270 g/mol. The number of anilines is 2. The van der Waals surface area contributed by atoms with E-state index in [-0.39, 0.29) is 16.9 Å². The largest absolute Gasteiger partial charge is 0.399 e. The summed E-state index contributed by atoms with van der Waals surface area (Å²) >= 11 is 0. The van der Waals surface area contributed by atoms with Crippen molar-refractivity contribution in [2.24, 2.45) is 0 Å². The van der Waals surface area contributed by atoms with E-state index in [1.807, 2.05) is 6.92 Å². The summed E-state index contributed by atoms with van der Waals surface area (Å²) in [5, 5.41) is 0. The van der Waals surface area contributed by atoms with Crippen LogP contribution in [-0.4, -0.2) is 11.8 Å². The molecule has 1 aliphatic heterocycles. The number of rotatable bonds is 1. The van der Waals surface area contributed by atoms with E-state index in [2.05, 4.69) is 0 Å². The van der Waals surface area contributed by atoms with Crippen LogP contribution in [0.15, 0.2) is 36.4 Å². The van der Waals surface area contributed by atoms with Gasteiger partial charge in [-0.15, -0.1) is 0 Å². The van der Waals surface area contributed by atoms with E-state index in [0.29, 0.717) is 5.56 Å². The van der Waals surface area contributed by atoms with Gasteiger partial charge in [-0.2, -0.15) is 0 Å². The van der Waals surface area contributed by atoms with Gasteiger partial charge in [-0.25, -0.2) is 9.29 Å². The lowest BCUT2D eigenvalue weighted by atomic mass is 10.1. The number of nitrogens with zero attached hydrogens (tertiary/aromatic N) is 1. The van der Waals surface area contributed by atoms with Crippen LogP contribution in [0.3, 0.4) is 0 Å². The molecular weight excluding hydrogens is 259 g/mol. The molecule has 4 nitrogen and oxygen atoms in total. The van der Waals surface area contributed by atoms with Crippen LogP contribution in [0, 0.1) is 12.7 Å². The summed E-state index contributed by atoms with van der Waals surface area (Å²) in [6, 6.07) is 8.83. The van der Waals surface area contributed by atoms with Crippen molar-refractivity contribution in [3.8, 4) is 0 Å². The van der Waals surface area contributed by atoms with Crippen molar-refractivity contribution in [1.29, 1.82) is 0 Å². The lowest BCUT2D eigenvalue weighted by molar-refractivity contribution is 0.0925. The molecule has 0 saturated carbocycles. The number of halogens is 1. The molecule has 0 saturated heterocycles. The van der Waals surface area contributed by atoms with Crippen molar-refractivity contribution in [3.05, 3.63) is 58.9 Å². The van der Waals surface area contributed by atoms with E-state index in [1.54, 1.807) is 18.2 Å². The Kier molecular flexibility index (Phi) is 2.57. The molecule has 1 heterocycles. The van der Waals surface area contributed by atoms with Crippen LogP contribution in [0.5, 0.6) is 0 Å². The number of hydrogen-bond acceptors (Lipinski definition) is 3. The number of benzene rings is 2. The van der Waals surface area contributed by atoms with E-state index in [1.165, 1.54) is 12.1 Å². The fraction of sp³-hybridized carbons (Fsp3) is 0.0667. The van der Waals surface area contributed by atoms with Gasteiger partial charge in [0.05, 0.1) is 16.8 Å². The van der Waals surface area contributed by atoms with E-state index in [9.17, 15) is 14.0 Å². The Bertz CT molecular complexity index is 756. The lowest BCUT2D eigenvalue weighted by Gasteiger charge is -2.14. The standard InChI is InChI=1S/C15H11FN2O2/c1-8-2-4-10-11(6-8)15(20)18(14(10)19)13-5-3-9(17)7-12(13)16/h2-7H,17H2,1H3. The number of nitrogens with two attached hydrogens (primary N) is 1. The van der Waals surface area contributed by atoms with E-state index < -0.39 is 17.6 Å². The van der Waals surface area contributed by atoms with Crippen molar-refractivity contribution in [2.45, 2.75) is 6.92 Å². The maximum absolute atomic E-state index is 13.9. The molecule has 100 valence electrons. The fourth-order valence-corrected chi connectivity index (χ4v) is 2.28. The molecule has 20 heavy (non-hydrogen) atoms. The van der Waals surface area contributed by atoms with Gasteiger partial charge in [-0.05, 0) is 37.3 Å². The van der Waals surface area contributed by atoms with Gasteiger partial charge in [0.15, 0.2) is 0 Å². The SMILES string of the molecule is Cc1ccc2c(c1)C(=O)N(c1ccc(N)cc1F)C2=O. The molecule has 2 N–H and O–H groups in total. The zero-order valence-corrected chi connectivity index (χ0v) is 10.7.